The third-order valence-electron chi connectivity index (χ3n) is 11.1. The van der Waals surface area contributed by atoms with Gasteiger partial charge in [-0.1, -0.05) is 0 Å². The molecule has 9 atom stereocenters. The molecule has 11 heteroatoms. The Balaban J connectivity index is 1.12. The standard InChI is InChI=1S/C32H49ClN4O5S/c1-18-14-23(29-28(34-18)25(17-43-29)31(39)40)22-15-20(33)4-7-27(22)42-13-12-37-19(2)35-26-6-5-21(16-24(26)30(37)38)36-10-8-32(3,41)9-11-36/h18,20-23,25,27-29,34,41H,4-17H2,1-3H3,(H,39,40). The predicted molar refractivity (Wildman–Crippen MR) is 169 cm³/mol. The molecule has 3 saturated heterocycles. The first-order valence-electron chi connectivity index (χ1n) is 16.4. The van der Waals surface area contributed by atoms with Gasteiger partial charge in [0.05, 0.1) is 36.5 Å². The first kappa shape index (κ1) is 31.8. The van der Waals surface area contributed by atoms with E-state index >= 15 is 0 Å². The number of fused-ring (bicyclic) bond motifs is 2. The highest BCUT2D eigenvalue weighted by Gasteiger charge is 2.51. The van der Waals surface area contributed by atoms with Gasteiger partial charge in [0.2, 0.25) is 0 Å². The summed E-state index contributed by atoms with van der Waals surface area (Å²) in [6, 6.07) is 0.563. The molecule has 2 aliphatic carbocycles. The van der Waals surface area contributed by atoms with Crippen LogP contribution in [0.1, 0.15) is 75.9 Å². The largest absolute Gasteiger partial charge is 0.481 e. The van der Waals surface area contributed by atoms with Crippen LogP contribution in [0.15, 0.2) is 4.79 Å². The molecule has 43 heavy (non-hydrogen) atoms. The fourth-order valence-corrected chi connectivity index (χ4v) is 10.8. The van der Waals surface area contributed by atoms with Crippen molar-refractivity contribution in [3.63, 3.8) is 0 Å². The Hall–Kier alpha value is -1.17. The molecule has 3 aliphatic heterocycles. The van der Waals surface area contributed by atoms with Gasteiger partial charge in [0.1, 0.15) is 5.82 Å². The SMILES string of the molecule is Cc1nc2c(c(=O)n1CCOC1CCC(Cl)CC1C1CC(C)NC3C(C(=O)O)CSC13)CC(N1CCC(C)(O)CC1)CC2. The molecule has 0 aromatic carbocycles. The number of carbonyl (C=O) groups is 1. The van der Waals surface area contributed by atoms with Crippen molar-refractivity contribution in [1.29, 1.82) is 0 Å². The molecule has 0 amide bonds. The van der Waals surface area contributed by atoms with E-state index in [2.05, 4.69) is 17.1 Å². The number of nitrogens with zero attached hydrogens (tertiary/aromatic N) is 3. The zero-order chi connectivity index (χ0) is 30.5. The maximum absolute atomic E-state index is 13.8. The molecule has 5 aliphatic rings. The van der Waals surface area contributed by atoms with E-state index in [0.29, 0.717) is 30.9 Å². The van der Waals surface area contributed by atoms with Crippen molar-refractivity contribution in [2.75, 3.05) is 25.4 Å². The number of piperidine rings is 2. The lowest BCUT2D eigenvalue weighted by Crippen LogP contribution is -2.57. The fraction of sp³-hybridized carbons (Fsp3) is 0.844. The number of aryl methyl sites for hydroxylation is 2. The molecule has 9 nitrogen and oxygen atoms in total. The molecular weight excluding hydrogens is 588 g/mol. The number of carboxylic acids is 1. The van der Waals surface area contributed by atoms with Gasteiger partial charge < -0.3 is 20.3 Å². The lowest BCUT2D eigenvalue weighted by molar-refractivity contribution is -0.142. The average Bonchev–Trinajstić information content (AvgIpc) is 3.39. The number of nitrogens with one attached hydrogen (secondary N) is 1. The van der Waals surface area contributed by atoms with Crippen molar-refractivity contribution in [2.24, 2.45) is 17.8 Å². The minimum Gasteiger partial charge on any atom is -0.481 e. The molecule has 1 aromatic heterocycles. The van der Waals surface area contributed by atoms with E-state index in [4.69, 9.17) is 21.3 Å². The molecule has 0 radical (unpaired) electrons. The molecule has 4 fully saturated rings. The number of aliphatic hydroxyl groups is 1. The summed E-state index contributed by atoms with van der Waals surface area (Å²) in [4.78, 5) is 33.1. The van der Waals surface area contributed by atoms with E-state index < -0.39 is 11.6 Å². The normalized spacial score (nSPS) is 37.9. The van der Waals surface area contributed by atoms with Crippen LogP contribution in [0.2, 0.25) is 0 Å². The first-order chi connectivity index (χ1) is 20.5. The second kappa shape index (κ2) is 12.9. The number of aliphatic carboxylic acids is 1. The predicted octanol–water partition coefficient (Wildman–Crippen LogP) is 3.23. The first-order valence-corrected chi connectivity index (χ1v) is 17.9. The summed E-state index contributed by atoms with van der Waals surface area (Å²) in [5.74, 6) is 0.966. The van der Waals surface area contributed by atoms with Crippen molar-refractivity contribution >= 4 is 29.3 Å². The van der Waals surface area contributed by atoms with Crippen LogP contribution >= 0.6 is 23.4 Å². The Bertz CT molecular complexity index is 1230. The van der Waals surface area contributed by atoms with Gasteiger partial charge in [0.25, 0.3) is 5.56 Å². The number of alkyl halides is 1. The quantitative estimate of drug-likeness (QED) is 0.388. The minimum absolute atomic E-state index is 0.0164. The molecule has 6 rings (SSSR count). The van der Waals surface area contributed by atoms with Gasteiger partial charge in [-0.25, -0.2) is 4.98 Å². The number of thioether (sulfide) groups is 1. The molecule has 240 valence electrons. The number of likely N-dealkylation sites (tertiary alicyclic amines) is 1. The molecule has 0 spiro atoms. The Kier molecular flexibility index (Phi) is 9.55. The number of aromatic nitrogens is 2. The van der Waals surface area contributed by atoms with Crippen LogP contribution in [0.5, 0.6) is 0 Å². The fourth-order valence-electron chi connectivity index (χ4n) is 8.67. The van der Waals surface area contributed by atoms with Gasteiger partial charge in [0, 0.05) is 53.2 Å². The van der Waals surface area contributed by atoms with Crippen molar-refractivity contribution in [2.45, 2.75) is 126 Å². The Morgan fingerprint density at radius 2 is 1.98 bits per heavy atom. The number of hydrogen-bond acceptors (Lipinski definition) is 8. The van der Waals surface area contributed by atoms with Crippen molar-refractivity contribution in [1.82, 2.24) is 19.8 Å². The highest BCUT2D eigenvalue weighted by atomic mass is 35.5. The van der Waals surface area contributed by atoms with Crippen LogP contribution in [0.4, 0.5) is 0 Å². The molecular formula is C32H49ClN4O5S. The van der Waals surface area contributed by atoms with E-state index in [1.165, 1.54) is 0 Å². The lowest BCUT2D eigenvalue weighted by atomic mass is 9.70. The van der Waals surface area contributed by atoms with Crippen LogP contribution in [0.3, 0.4) is 0 Å². The topological polar surface area (TPSA) is 117 Å². The molecule has 0 bridgehead atoms. The summed E-state index contributed by atoms with van der Waals surface area (Å²) in [6.07, 6.45) is 7.82. The average molecular weight is 637 g/mol. The van der Waals surface area contributed by atoms with E-state index in [9.17, 15) is 19.8 Å². The number of ether oxygens (including phenoxy) is 1. The van der Waals surface area contributed by atoms with Crippen LogP contribution in [0, 0.1) is 24.7 Å². The van der Waals surface area contributed by atoms with Gasteiger partial charge in [-0.2, -0.15) is 11.8 Å². The van der Waals surface area contributed by atoms with Crippen LogP contribution in [0.25, 0.3) is 0 Å². The summed E-state index contributed by atoms with van der Waals surface area (Å²) in [7, 11) is 0. The Labute approximate surface area is 264 Å². The Morgan fingerprint density at radius 3 is 2.72 bits per heavy atom. The maximum atomic E-state index is 13.8. The molecule has 1 saturated carbocycles. The zero-order valence-electron chi connectivity index (χ0n) is 25.8. The smallest absolute Gasteiger partial charge is 0.308 e. The van der Waals surface area contributed by atoms with E-state index in [-0.39, 0.29) is 46.2 Å². The molecule has 1 aromatic rings. The number of carboxylic acid groups (broad SMARTS) is 1. The molecule has 4 heterocycles. The summed E-state index contributed by atoms with van der Waals surface area (Å²) in [5, 5.41) is 24.2. The molecule has 3 N–H and O–H groups in total. The van der Waals surface area contributed by atoms with Crippen molar-refractivity contribution in [3.8, 4) is 0 Å². The maximum Gasteiger partial charge on any atom is 0.308 e. The number of rotatable bonds is 7. The lowest BCUT2D eigenvalue weighted by Gasteiger charge is -2.47. The zero-order valence-corrected chi connectivity index (χ0v) is 27.4. The van der Waals surface area contributed by atoms with Crippen molar-refractivity contribution in [3.05, 3.63) is 27.4 Å². The highest BCUT2D eigenvalue weighted by molar-refractivity contribution is 8.00. The van der Waals surface area contributed by atoms with Gasteiger partial charge in [0.15, 0.2) is 0 Å². The third-order valence-corrected chi connectivity index (χ3v) is 13.1. The van der Waals surface area contributed by atoms with Gasteiger partial charge in [-0.15, -0.1) is 11.6 Å². The highest BCUT2D eigenvalue weighted by Crippen LogP contribution is 2.48. The summed E-state index contributed by atoms with van der Waals surface area (Å²) in [6.45, 7) is 8.66. The van der Waals surface area contributed by atoms with E-state index in [0.717, 1.165) is 88.0 Å². The van der Waals surface area contributed by atoms with Crippen LogP contribution in [-0.4, -0.2) is 96.5 Å². The van der Waals surface area contributed by atoms with Gasteiger partial charge in [-0.05, 0) is 90.4 Å². The van der Waals surface area contributed by atoms with Crippen molar-refractivity contribution < 1.29 is 19.7 Å². The summed E-state index contributed by atoms with van der Waals surface area (Å²) >= 11 is 8.54. The number of halogens is 1. The van der Waals surface area contributed by atoms with Gasteiger partial charge in [-0.3, -0.25) is 19.1 Å². The summed E-state index contributed by atoms with van der Waals surface area (Å²) in [5.41, 5.74) is 1.28. The molecule has 9 unspecified atom stereocenters. The van der Waals surface area contributed by atoms with Crippen LogP contribution in [-0.2, 0) is 28.9 Å². The summed E-state index contributed by atoms with van der Waals surface area (Å²) < 4.78 is 8.43. The van der Waals surface area contributed by atoms with E-state index in [1.54, 1.807) is 16.3 Å². The third kappa shape index (κ3) is 6.70. The monoisotopic (exact) mass is 636 g/mol. The Morgan fingerprint density at radius 1 is 1.21 bits per heavy atom. The van der Waals surface area contributed by atoms with E-state index in [1.807, 2.05) is 13.8 Å². The van der Waals surface area contributed by atoms with Crippen LogP contribution < -0.4 is 10.9 Å². The van der Waals surface area contributed by atoms with Gasteiger partial charge >= 0.3 is 5.97 Å². The number of hydrogen-bond donors (Lipinski definition) is 3. The second-order valence-electron chi connectivity index (χ2n) is 14.2. The second-order valence-corrected chi connectivity index (χ2v) is 16.0. The minimum atomic E-state index is -0.707.